The van der Waals surface area contributed by atoms with E-state index in [-0.39, 0.29) is 17.6 Å². The fourth-order valence-electron chi connectivity index (χ4n) is 3.61. The van der Waals surface area contributed by atoms with Crippen LogP contribution in [0.3, 0.4) is 0 Å². The average Bonchev–Trinajstić information content (AvgIpc) is 3.19. The van der Waals surface area contributed by atoms with Gasteiger partial charge in [-0.3, -0.25) is 9.59 Å². The van der Waals surface area contributed by atoms with E-state index >= 15 is 0 Å². The molecule has 0 radical (unpaired) electrons. The van der Waals surface area contributed by atoms with Crippen LogP contribution in [0.5, 0.6) is 0 Å². The number of carbonyl (C=O) groups excluding carboxylic acids is 2. The highest BCUT2D eigenvalue weighted by molar-refractivity contribution is 7.18. The first kappa shape index (κ1) is 18.6. The van der Waals surface area contributed by atoms with E-state index < -0.39 is 0 Å². The van der Waals surface area contributed by atoms with Crippen LogP contribution in [0.4, 0.5) is 5.13 Å². The van der Waals surface area contributed by atoms with Gasteiger partial charge in [-0.15, -0.1) is 0 Å². The number of hydrogen-bond donors (Lipinski definition) is 1. The summed E-state index contributed by atoms with van der Waals surface area (Å²) in [5.74, 6) is -0.00649. The van der Waals surface area contributed by atoms with Crippen molar-refractivity contribution in [1.82, 2.24) is 4.98 Å². The molecule has 1 aliphatic carbocycles. The minimum Gasteiger partial charge on any atom is -0.302 e. The number of hydrogen-bond acceptors (Lipinski definition) is 4. The molecule has 5 heteroatoms. The molecule has 1 amide bonds. The Hall–Kier alpha value is -2.79. The molecule has 0 spiro atoms. The van der Waals surface area contributed by atoms with Gasteiger partial charge < -0.3 is 5.32 Å². The maximum Gasteiger partial charge on any atom is 0.229 e. The van der Waals surface area contributed by atoms with E-state index in [1.54, 1.807) is 12.1 Å². The summed E-state index contributed by atoms with van der Waals surface area (Å²) in [6.07, 6.45) is 5.26. The zero-order valence-electron chi connectivity index (χ0n) is 15.6. The van der Waals surface area contributed by atoms with Crippen molar-refractivity contribution < 1.29 is 9.59 Å². The van der Waals surface area contributed by atoms with Crippen molar-refractivity contribution in [3.8, 4) is 11.3 Å². The van der Waals surface area contributed by atoms with Gasteiger partial charge in [0.1, 0.15) is 4.88 Å². The van der Waals surface area contributed by atoms with E-state index in [4.69, 9.17) is 0 Å². The van der Waals surface area contributed by atoms with Gasteiger partial charge in [0.15, 0.2) is 5.13 Å². The number of nitrogens with one attached hydrogen (secondary N) is 1. The molecule has 0 aliphatic heterocycles. The van der Waals surface area contributed by atoms with Crippen LogP contribution >= 0.6 is 11.3 Å². The van der Waals surface area contributed by atoms with E-state index in [1.165, 1.54) is 17.8 Å². The lowest BCUT2D eigenvalue weighted by molar-refractivity contribution is -0.120. The minimum absolute atomic E-state index is 0.0202. The van der Waals surface area contributed by atoms with Crippen molar-refractivity contribution in [2.45, 2.75) is 32.1 Å². The molecule has 4 nitrogen and oxygen atoms in total. The highest BCUT2D eigenvalue weighted by Crippen LogP contribution is 2.34. The molecule has 0 atom stereocenters. The van der Waals surface area contributed by atoms with Crippen LogP contribution in [0.2, 0.25) is 0 Å². The van der Waals surface area contributed by atoms with Crippen molar-refractivity contribution in [2.24, 2.45) is 5.92 Å². The number of nitrogens with zero attached hydrogens (tertiary/aromatic N) is 1. The molecule has 2 aromatic carbocycles. The largest absolute Gasteiger partial charge is 0.302 e. The molecule has 28 heavy (non-hydrogen) atoms. The van der Waals surface area contributed by atoms with E-state index in [0.29, 0.717) is 21.3 Å². The Balaban J connectivity index is 1.66. The van der Waals surface area contributed by atoms with Gasteiger partial charge >= 0.3 is 0 Å². The number of rotatable bonds is 5. The van der Waals surface area contributed by atoms with Crippen LogP contribution < -0.4 is 5.32 Å². The fourth-order valence-corrected chi connectivity index (χ4v) is 4.56. The lowest BCUT2D eigenvalue weighted by Gasteiger charge is -2.19. The Morgan fingerprint density at radius 2 is 1.54 bits per heavy atom. The molecule has 1 heterocycles. The summed E-state index contributed by atoms with van der Waals surface area (Å²) in [6, 6.07) is 18.8. The van der Waals surface area contributed by atoms with Crippen molar-refractivity contribution >= 4 is 28.2 Å². The molecule has 142 valence electrons. The maximum atomic E-state index is 13.1. The Labute approximate surface area is 168 Å². The van der Waals surface area contributed by atoms with Gasteiger partial charge in [0.05, 0.1) is 5.69 Å². The van der Waals surface area contributed by atoms with Gasteiger partial charge in [-0.25, -0.2) is 4.98 Å². The van der Waals surface area contributed by atoms with E-state index in [0.717, 1.165) is 31.2 Å². The second-order valence-electron chi connectivity index (χ2n) is 7.08. The normalized spacial score (nSPS) is 14.6. The number of carbonyl (C=O) groups is 2. The number of aromatic nitrogens is 1. The highest BCUT2D eigenvalue weighted by atomic mass is 32.1. The van der Waals surface area contributed by atoms with Crippen LogP contribution in [-0.4, -0.2) is 16.7 Å². The third-order valence-electron chi connectivity index (χ3n) is 5.12. The molecule has 1 N–H and O–H groups in total. The van der Waals surface area contributed by atoms with Crippen molar-refractivity contribution in [3.05, 3.63) is 71.1 Å². The Morgan fingerprint density at radius 3 is 2.21 bits per heavy atom. The standard InChI is InChI=1S/C23H22N2O2S/c26-20(17-12-6-2-7-13-17)21-19(16-10-4-1-5-11-16)24-23(28-21)25-22(27)18-14-8-3-9-15-18/h1-2,4-7,10-13,18H,3,8-9,14-15H2,(H,24,25,27). The first-order valence-electron chi connectivity index (χ1n) is 9.69. The third-order valence-corrected chi connectivity index (χ3v) is 6.09. The Kier molecular flexibility index (Phi) is 5.63. The van der Waals surface area contributed by atoms with Gasteiger partial charge in [0, 0.05) is 17.0 Å². The number of ketones is 1. The maximum absolute atomic E-state index is 13.1. The first-order chi connectivity index (χ1) is 13.7. The summed E-state index contributed by atoms with van der Waals surface area (Å²) in [6.45, 7) is 0. The monoisotopic (exact) mass is 390 g/mol. The summed E-state index contributed by atoms with van der Waals surface area (Å²) in [5.41, 5.74) is 2.11. The van der Waals surface area contributed by atoms with E-state index in [2.05, 4.69) is 10.3 Å². The summed E-state index contributed by atoms with van der Waals surface area (Å²) in [7, 11) is 0. The van der Waals surface area contributed by atoms with Crippen LogP contribution in [0.1, 0.15) is 47.3 Å². The third kappa shape index (κ3) is 4.04. The number of anilines is 1. The lowest BCUT2D eigenvalue weighted by atomic mass is 9.89. The summed E-state index contributed by atoms with van der Waals surface area (Å²) < 4.78 is 0. The van der Waals surface area contributed by atoms with Crippen LogP contribution in [-0.2, 0) is 4.79 Å². The number of amides is 1. The van der Waals surface area contributed by atoms with Crippen molar-refractivity contribution in [2.75, 3.05) is 5.32 Å². The van der Waals surface area contributed by atoms with Gasteiger partial charge in [-0.2, -0.15) is 0 Å². The number of benzene rings is 2. The SMILES string of the molecule is O=C(c1ccccc1)c1sc(NC(=O)C2CCCCC2)nc1-c1ccccc1. The van der Waals surface area contributed by atoms with Gasteiger partial charge in [0.2, 0.25) is 11.7 Å². The molecule has 0 bridgehead atoms. The van der Waals surface area contributed by atoms with Crippen LogP contribution in [0.15, 0.2) is 60.7 Å². The first-order valence-corrected chi connectivity index (χ1v) is 10.5. The molecular formula is C23H22N2O2S. The van der Waals surface area contributed by atoms with Crippen molar-refractivity contribution in [1.29, 1.82) is 0 Å². The van der Waals surface area contributed by atoms with Gasteiger partial charge in [0.25, 0.3) is 0 Å². The second-order valence-corrected chi connectivity index (χ2v) is 8.08. The quantitative estimate of drug-likeness (QED) is 0.580. The summed E-state index contributed by atoms with van der Waals surface area (Å²) in [4.78, 5) is 30.9. The van der Waals surface area contributed by atoms with E-state index in [1.807, 2.05) is 48.5 Å². The molecule has 3 aromatic rings. The summed E-state index contributed by atoms with van der Waals surface area (Å²) >= 11 is 1.26. The molecule has 1 aromatic heterocycles. The van der Waals surface area contributed by atoms with Crippen LogP contribution in [0, 0.1) is 5.92 Å². The molecule has 1 fully saturated rings. The Morgan fingerprint density at radius 1 is 0.893 bits per heavy atom. The lowest BCUT2D eigenvalue weighted by Crippen LogP contribution is -2.24. The smallest absolute Gasteiger partial charge is 0.229 e. The Bertz CT molecular complexity index is 961. The van der Waals surface area contributed by atoms with Gasteiger partial charge in [-0.1, -0.05) is 91.3 Å². The summed E-state index contributed by atoms with van der Waals surface area (Å²) in [5, 5.41) is 3.46. The van der Waals surface area contributed by atoms with Crippen LogP contribution in [0.25, 0.3) is 11.3 Å². The molecule has 0 unspecified atom stereocenters. The molecule has 0 saturated heterocycles. The zero-order valence-corrected chi connectivity index (χ0v) is 16.4. The second kappa shape index (κ2) is 8.48. The predicted octanol–water partition coefficient (Wildman–Crippen LogP) is 5.56. The molecule has 4 rings (SSSR count). The van der Waals surface area contributed by atoms with Gasteiger partial charge in [-0.05, 0) is 12.8 Å². The zero-order chi connectivity index (χ0) is 19.3. The number of thiazole rings is 1. The van der Waals surface area contributed by atoms with E-state index in [9.17, 15) is 9.59 Å². The molecule has 1 saturated carbocycles. The average molecular weight is 391 g/mol. The predicted molar refractivity (Wildman–Crippen MR) is 113 cm³/mol. The molecular weight excluding hydrogens is 368 g/mol. The topological polar surface area (TPSA) is 59.1 Å². The highest BCUT2D eigenvalue weighted by Gasteiger charge is 2.25. The molecule has 1 aliphatic rings. The minimum atomic E-state index is -0.0740. The fraction of sp³-hybridized carbons (Fsp3) is 0.261. The van der Waals surface area contributed by atoms with Crippen molar-refractivity contribution in [3.63, 3.8) is 0 Å².